The van der Waals surface area contributed by atoms with Crippen LogP contribution in [0.2, 0.25) is 5.02 Å². The number of hydrogen-bond acceptors (Lipinski definition) is 4. The van der Waals surface area contributed by atoms with Gasteiger partial charge in [-0.3, -0.25) is 4.79 Å². The molecule has 17 heavy (non-hydrogen) atoms. The summed E-state index contributed by atoms with van der Waals surface area (Å²) in [5.41, 5.74) is 0.591. The molecule has 0 atom stereocenters. The van der Waals surface area contributed by atoms with E-state index in [9.17, 15) is 4.79 Å². The number of halogens is 1. The minimum absolute atomic E-state index is 0. The molecule has 2 aromatic rings. The molecule has 5 nitrogen and oxygen atoms in total. The average molecular weight is 278 g/mol. The molecule has 0 amide bonds. The molecule has 1 N–H and O–H groups in total. The second kappa shape index (κ2) is 6.63. The Balaban J connectivity index is 0.00000144. The van der Waals surface area contributed by atoms with Gasteiger partial charge in [0.05, 0.1) is 10.6 Å². The predicted molar refractivity (Wildman–Crippen MR) is 61.8 cm³/mol. The van der Waals surface area contributed by atoms with Crippen LogP contribution in [-0.2, 0) is 11.2 Å². The zero-order chi connectivity index (χ0) is 11.5. The van der Waals surface area contributed by atoms with Crippen molar-refractivity contribution >= 4 is 69.0 Å². The Morgan fingerprint density at radius 1 is 1.35 bits per heavy atom. The van der Waals surface area contributed by atoms with Gasteiger partial charge in [0.25, 0.3) is 0 Å². The molecule has 0 aliphatic carbocycles. The van der Waals surface area contributed by atoms with E-state index in [4.69, 9.17) is 21.1 Å². The fourth-order valence-electron chi connectivity index (χ4n) is 1.20. The molecule has 7 heteroatoms. The van der Waals surface area contributed by atoms with E-state index in [0.717, 1.165) is 0 Å². The van der Waals surface area contributed by atoms with Gasteiger partial charge in [0.2, 0.25) is 11.8 Å². The van der Waals surface area contributed by atoms with E-state index in [2.05, 4.69) is 10.2 Å². The van der Waals surface area contributed by atoms with Gasteiger partial charge in [0, 0.05) is 51.4 Å². The van der Waals surface area contributed by atoms with E-state index in [1.807, 2.05) is 0 Å². The van der Waals surface area contributed by atoms with Crippen molar-refractivity contribution in [3.05, 3.63) is 35.2 Å². The van der Waals surface area contributed by atoms with Crippen molar-refractivity contribution in [3.8, 4) is 11.5 Å². The Morgan fingerprint density at radius 3 is 2.71 bits per heavy atom. The minimum Gasteiger partial charge on any atom is -0.481 e. The van der Waals surface area contributed by atoms with E-state index < -0.39 is 5.97 Å². The number of benzene rings is 1. The minimum atomic E-state index is -1.02. The van der Waals surface area contributed by atoms with Crippen LogP contribution in [0.1, 0.15) is 5.89 Å². The van der Waals surface area contributed by atoms with E-state index in [1.54, 1.807) is 24.3 Å². The fourth-order valence-corrected chi connectivity index (χ4v) is 1.41. The van der Waals surface area contributed by atoms with Gasteiger partial charge in [0.15, 0.2) is 0 Å². The first-order valence-corrected chi connectivity index (χ1v) is 4.83. The summed E-state index contributed by atoms with van der Waals surface area (Å²) in [7, 11) is 0. The number of nitrogens with zero attached hydrogens (tertiary/aromatic N) is 2. The number of rotatable bonds is 3. The third-order valence-electron chi connectivity index (χ3n) is 1.87. The maximum Gasteiger partial charge on any atom is 0.312 e. The Morgan fingerprint density at radius 2 is 2.06 bits per heavy atom. The van der Waals surface area contributed by atoms with Crippen LogP contribution >= 0.6 is 11.6 Å². The number of aromatic nitrogens is 2. The smallest absolute Gasteiger partial charge is 0.312 e. The molecule has 1 radical (unpaired) electrons. The summed E-state index contributed by atoms with van der Waals surface area (Å²) in [5.74, 6) is -0.737. The maximum absolute atomic E-state index is 10.4. The number of carbonyl (C=O) groups is 1. The first-order valence-electron chi connectivity index (χ1n) is 4.46. The van der Waals surface area contributed by atoms with Crippen molar-refractivity contribution in [2.75, 3.05) is 0 Å². The van der Waals surface area contributed by atoms with Gasteiger partial charge in [-0.2, -0.15) is 0 Å². The van der Waals surface area contributed by atoms with Gasteiger partial charge in [0.1, 0.15) is 6.42 Å². The van der Waals surface area contributed by atoms with Crippen LogP contribution in [0.3, 0.4) is 0 Å². The summed E-state index contributed by atoms with van der Waals surface area (Å²) < 4.78 is 5.17. The van der Waals surface area contributed by atoms with E-state index in [0.29, 0.717) is 10.6 Å². The van der Waals surface area contributed by atoms with E-state index >= 15 is 0 Å². The Kier molecular flexibility index (Phi) is 5.77. The summed E-state index contributed by atoms with van der Waals surface area (Å²) >= 11 is 5.93. The predicted octanol–water partition coefficient (Wildman–Crippen LogP) is 1.64. The Hall–Kier alpha value is -0.244. The number of hydrogen-bond donors (Lipinski definition) is 1. The molecule has 0 bridgehead atoms. The zero-order valence-corrected chi connectivity index (χ0v) is 12.9. The quantitative estimate of drug-likeness (QED) is 0.863. The Labute approximate surface area is 145 Å². The standard InChI is InChI=1S/C10H7ClN2O3.K/c11-7-4-2-1-3-6(7)10-13-12-8(16-10)5-9(14)15;/h1-4H,5H2,(H,14,15);. The molecule has 0 saturated carbocycles. The zero-order valence-electron chi connectivity index (χ0n) is 9.05. The second-order valence-corrected chi connectivity index (χ2v) is 3.46. The molecule has 0 aliphatic heterocycles. The monoisotopic (exact) mass is 277 g/mol. The molecule has 83 valence electrons. The topological polar surface area (TPSA) is 76.2 Å². The summed E-state index contributed by atoms with van der Waals surface area (Å²) in [6.07, 6.45) is -0.294. The number of aliphatic carboxylic acids is 1. The van der Waals surface area contributed by atoms with Gasteiger partial charge < -0.3 is 9.52 Å². The van der Waals surface area contributed by atoms with Crippen LogP contribution in [0.5, 0.6) is 0 Å². The van der Waals surface area contributed by atoms with Crippen molar-refractivity contribution in [1.29, 1.82) is 0 Å². The molecule has 1 aromatic carbocycles. The van der Waals surface area contributed by atoms with E-state index in [-0.39, 0.29) is 69.6 Å². The molecule has 2 rings (SSSR count). The van der Waals surface area contributed by atoms with Gasteiger partial charge in [-0.1, -0.05) is 23.7 Å². The van der Waals surface area contributed by atoms with Gasteiger partial charge in [-0.15, -0.1) is 10.2 Å². The van der Waals surface area contributed by atoms with Crippen LogP contribution in [-0.4, -0.2) is 72.7 Å². The van der Waals surface area contributed by atoms with Crippen molar-refractivity contribution in [2.45, 2.75) is 6.42 Å². The van der Waals surface area contributed by atoms with Crippen molar-refractivity contribution < 1.29 is 14.3 Å². The second-order valence-electron chi connectivity index (χ2n) is 3.05. The summed E-state index contributed by atoms with van der Waals surface area (Å²) in [6, 6.07) is 6.97. The van der Waals surface area contributed by atoms with Crippen molar-refractivity contribution in [1.82, 2.24) is 10.2 Å². The van der Waals surface area contributed by atoms with Crippen LogP contribution < -0.4 is 0 Å². The number of carboxylic acid groups (broad SMARTS) is 1. The van der Waals surface area contributed by atoms with E-state index in [1.165, 1.54) is 0 Å². The first kappa shape index (κ1) is 14.8. The molecule has 0 spiro atoms. The molecule has 1 heterocycles. The fraction of sp³-hybridized carbons (Fsp3) is 0.100. The summed E-state index contributed by atoms with van der Waals surface area (Å²) in [6.45, 7) is 0. The summed E-state index contributed by atoms with van der Waals surface area (Å²) in [4.78, 5) is 10.4. The van der Waals surface area contributed by atoms with Crippen LogP contribution in [0.4, 0.5) is 0 Å². The maximum atomic E-state index is 10.4. The van der Waals surface area contributed by atoms with Crippen LogP contribution in [0.25, 0.3) is 11.5 Å². The SMILES string of the molecule is O=C(O)Cc1nnc(-c2ccccc2Cl)o1.[K]. The average Bonchev–Trinajstić information content (AvgIpc) is 2.66. The first-order chi connectivity index (χ1) is 7.66. The number of carboxylic acids is 1. The third kappa shape index (κ3) is 3.87. The normalized spacial score (nSPS) is 9.71. The van der Waals surface area contributed by atoms with Gasteiger partial charge >= 0.3 is 5.97 Å². The molecule has 0 aliphatic rings. The van der Waals surface area contributed by atoms with Crippen molar-refractivity contribution in [2.24, 2.45) is 0 Å². The Bertz CT molecular complexity index is 530. The molecule has 0 saturated heterocycles. The molecule has 0 fully saturated rings. The largest absolute Gasteiger partial charge is 0.481 e. The molecule has 1 aromatic heterocycles. The van der Waals surface area contributed by atoms with Crippen LogP contribution in [0.15, 0.2) is 28.7 Å². The van der Waals surface area contributed by atoms with Gasteiger partial charge in [-0.25, -0.2) is 0 Å². The summed E-state index contributed by atoms with van der Waals surface area (Å²) in [5, 5.41) is 16.4. The molecular weight excluding hydrogens is 271 g/mol. The van der Waals surface area contributed by atoms with Gasteiger partial charge in [-0.05, 0) is 12.1 Å². The van der Waals surface area contributed by atoms with Crippen LogP contribution in [0, 0.1) is 0 Å². The third-order valence-corrected chi connectivity index (χ3v) is 2.20. The molecular formula is C10H7ClKN2O3. The molecule has 0 unspecified atom stereocenters. The van der Waals surface area contributed by atoms with Crippen molar-refractivity contribution in [3.63, 3.8) is 0 Å².